The van der Waals surface area contributed by atoms with Gasteiger partial charge in [0.25, 0.3) is 0 Å². The summed E-state index contributed by atoms with van der Waals surface area (Å²) >= 11 is 0. The second-order valence-electron chi connectivity index (χ2n) is 7.52. The zero-order valence-corrected chi connectivity index (χ0v) is 17.6. The van der Waals surface area contributed by atoms with Crippen molar-refractivity contribution in [3.63, 3.8) is 0 Å². The van der Waals surface area contributed by atoms with Gasteiger partial charge in [-0.1, -0.05) is 0 Å². The maximum absolute atomic E-state index is 13.3. The molecule has 0 bridgehead atoms. The van der Waals surface area contributed by atoms with E-state index < -0.39 is 33.6 Å². The largest absolute Gasteiger partial charge is 0.416 e. The summed E-state index contributed by atoms with van der Waals surface area (Å²) in [6, 6.07) is 4.85. The molecule has 1 aliphatic rings. The molecule has 1 aliphatic heterocycles. The molecule has 2 aromatic rings. The number of piperidine rings is 1. The molecule has 2 heterocycles. The Morgan fingerprint density at radius 1 is 1.23 bits per heavy atom. The number of nitrogens with zero attached hydrogens (tertiary/aromatic N) is 3. The van der Waals surface area contributed by atoms with Crippen LogP contribution in [-0.2, 0) is 21.0 Å². The molecule has 1 aromatic carbocycles. The third-order valence-corrected chi connectivity index (χ3v) is 6.31. The van der Waals surface area contributed by atoms with Crippen LogP contribution in [-0.4, -0.2) is 47.8 Å². The summed E-state index contributed by atoms with van der Waals surface area (Å²) in [5, 5.41) is 6.87. The summed E-state index contributed by atoms with van der Waals surface area (Å²) in [6.45, 7) is 3.84. The second kappa shape index (κ2) is 8.03. The van der Waals surface area contributed by atoms with Gasteiger partial charge in [-0.3, -0.25) is 4.79 Å². The van der Waals surface area contributed by atoms with Crippen molar-refractivity contribution in [2.75, 3.05) is 24.7 Å². The topological polar surface area (TPSA) is 84.3 Å². The molecule has 11 heteroatoms. The lowest BCUT2D eigenvalue weighted by Gasteiger charge is -2.30. The Balaban J connectivity index is 1.95. The number of carbonyl (C=O) groups is 1. The lowest BCUT2D eigenvalue weighted by atomic mass is 9.98. The van der Waals surface area contributed by atoms with Crippen molar-refractivity contribution < 1.29 is 26.4 Å². The fourth-order valence-electron chi connectivity index (χ4n) is 3.56. The Morgan fingerprint density at radius 2 is 1.93 bits per heavy atom. The molecule has 0 saturated carbocycles. The molecular formula is C19H23F3N4O3S. The van der Waals surface area contributed by atoms with Gasteiger partial charge in [-0.25, -0.2) is 17.4 Å². The van der Waals surface area contributed by atoms with Crippen molar-refractivity contribution in [3.8, 4) is 5.69 Å². The van der Waals surface area contributed by atoms with E-state index in [4.69, 9.17) is 0 Å². The van der Waals surface area contributed by atoms with E-state index in [2.05, 4.69) is 10.4 Å². The van der Waals surface area contributed by atoms with Gasteiger partial charge >= 0.3 is 6.18 Å². The number of aromatic nitrogens is 2. The Kier molecular flexibility index (Phi) is 5.96. The SMILES string of the molecule is Cc1cc(C)n(-c2ccc(C(F)(F)F)cc2NC(=O)C2CCCN(S(C)(=O)=O)C2)n1. The molecule has 0 radical (unpaired) electrons. The molecule has 3 rings (SSSR count). The number of nitrogens with one attached hydrogen (secondary N) is 1. The van der Waals surface area contributed by atoms with Crippen LogP contribution in [0.1, 0.15) is 29.8 Å². The maximum atomic E-state index is 13.3. The lowest BCUT2D eigenvalue weighted by molar-refractivity contribution is -0.137. The molecule has 30 heavy (non-hydrogen) atoms. The van der Waals surface area contributed by atoms with Crippen LogP contribution in [0, 0.1) is 19.8 Å². The van der Waals surface area contributed by atoms with Crippen molar-refractivity contribution in [2.24, 2.45) is 5.92 Å². The molecule has 0 aliphatic carbocycles. The van der Waals surface area contributed by atoms with Crippen molar-refractivity contribution in [2.45, 2.75) is 32.9 Å². The fourth-order valence-corrected chi connectivity index (χ4v) is 4.47. The van der Waals surface area contributed by atoms with Gasteiger partial charge < -0.3 is 5.32 Å². The smallest absolute Gasteiger partial charge is 0.324 e. The first kappa shape index (κ1) is 22.3. The lowest BCUT2D eigenvalue weighted by Crippen LogP contribution is -2.43. The molecule has 0 spiro atoms. The highest BCUT2D eigenvalue weighted by molar-refractivity contribution is 7.88. The minimum atomic E-state index is -4.58. The summed E-state index contributed by atoms with van der Waals surface area (Å²) in [4.78, 5) is 12.8. The first-order valence-electron chi connectivity index (χ1n) is 9.37. The molecule has 1 aromatic heterocycles. The highest BCUT2D eigenvalue weighted by Crippen LogP contribution is 2.34. The first-order valence-corrected chi connectivity index (χ1v) is 11.2. The monoisotopic (exact) mass is 444 g/mol. The summed E-state index contributed by atoms with van der Waals surface area (Å²) in [5.41, 5.74) is 0.754. The van der Waals surface area contributed by atoms with E-state index in [9.17, 15) is 26.4 Å². The van der Waals surface area contributed by atoms with Gasteiger partial charge in [-0.15, -0.1) is 0 Å². The number of aryl methyl sites for hydroxylation is 2. The van der Waals surface area contributed by atoms with Gasteiger partial charge in [0.1, 0.15) is 0 Å². The number of rotatable bonds is 4. The van der Waals surface area contributed by atoms with Crippen molar-refractivity contribution in [3.05, 3.63) is 41.2 Å². The van der Waals surface area contributed by atoms with Gasteiger partial charge in [-0.05, 0) is 51.0 Å². The van der Waals surface area contributed by atoms with Gasteiger partial charge in [0.15, 0.2) is 0 Å². The number of carbonyl (C=O) groups excluding carboxylic acids is 1. The summed E-state index contributed by atoms with van der Waals surface area (Å²) in [7, 11) is -3.45. The molecule has 1 unspecified atom stereocenters. The quantitative estimate of drug-likeness (QED) is 0.786. The van der Waals surface area contributed by atoms with Crippen LogP contribution in [0.4, 0.5) is 18.9 Å². The second-order valence-corrected chi connectivity index (χ2v) is 9.50. The zero-order valence-electron chi connectivity index (χ0n) is 16.8. The third-order valence-electron chi connectivity index (χ3n) is 5.04. The van der Waals surface area contributed by atoms with Crippen LogP contribution >= 0.6 is 0 Å². The van der Waals surface area contributed by atoms with E-state index in [0.29, 0.717) is 36.5 Å². The van der Waals surface area contributed by atoms with Crippen LogP contribution in [0.5, 0.6) is 0 Å². The predicted molar refractivity (Wildman–Crippen MR) is 106 cm³/mol. The van der Waals surface area contributed by atoms with E-state index in [-0.39, 0.29) is 12.2 Å². The Hall–Kier alpha value is -2.40. The number of benzene rings is 1. The third kappa shape index (κ3) is 4.84. The number of hydrogen-bond acceptors (Lipinski definition) is 4. The van der Waals surface area contributed by atoms with Crippen LogP contribution in [0.2, 0.25) is 0 Å². The average molecular weight is 444 g/mol. The number of hydrogen-bond donors (Lipinski definition) is 1. The van der Waals surface area contributed by atoms with Crippen molar-refractivity contribution in [1.82, 2.24) is 14.1 Å². The van der Waals surface area contributed by atoms with Crippen LogP contribution < -0.4 is 5.32 Å². The number of alkyl halides is 3. The van der Waals surface area contributed by atoms with Gasteiger partial charge in [0.2, 0.25) is 15.9 Å². The molecule has 1 fully saturated rings. The van der Waals surface area contributed by atoms with Gasteiger partial charge in [0.05, 0.1) is 34.8 Å². The first-order chi connectivity index (χ1) is 13.9. The van der Waals surface area contributed by atoms with E-state index in [1.165, 1.54) is 15.1 Å². The van der Waals surface area contributed by atoms with Crippen LogP contribution in [0.25, 0.3) is 5.69 Å². The average Bonchev–Trinajstić information content (AvgIpc) is 2.98. The van der Waals surface area contributed by atoms with E-state index in [1.54, 1.807) is 19.9 Å². The fraction of sp³-hybridized carbons (Fsp3) is 0.474. The zero-order chi connectivity index (χ0) is 22.3. The standard InChI is InChI=1S/C19H23F3N4O3S/c1-12-9-13(2)26(24-12)17-7-6-15(19(20,21)22)10-16(17)23-18(27)14-5-4-8-25(11-14)30(3,28)29/h6-7,9-10,14H,4-5,8,11H2,1-3H3,(H,23,27). The molecule has 1 amide bonds. The Labute approximate surface area is 172 Å². The normalized spacial score (nSPS) is 18.4. The highest BCUT2D eigenvalue weighted by Gasteiger charge is 2.33. The van der Waals surface area contributed by atoms with E-state index in [0.717, 1.165) is 18.4 Å². The number of anilines is 1. The molecular weight excluding hydrogens is 421 g/mol. The maximum Gasteiger partial charge on any atom is 0.416 e. The molecule has 1 atom stereocenters. The van der Waals surface area contributed by atoms with Gasteiger partial charge in [0, 0.05) is 18.8 Å². The van der Waals surface area contributed by atoms with E-state index in [1.807, 2.05) is 0 Å². The van der Waals surface area contributed by atoms with Crippen LogP contribution in [0.3, 0.4) is 0 Å². The van der Waals surface area contributed by atoms with E-state index >= 15 is 0 Å². The van der Waals surface area contributed by atoms with Crippen molar-refractivity contribution in [1.29, 1.82) is 0 Å². The van der Waals surface area contributed by atoms with Crippen LogP contribution in [0.15, 0.2) is 24.3 Å². The highest BCUT2D eigenvalue weighted by atomic mass is 32.2. The molecule has 1 saturated heterocycles. The summed E-state index contributed by atoms with van der Waals surface area (Å²) < 4.78 is 66.0. The summed E-state index contributed by atoms with van der Waals surface area (Å²) in [5.74, 6) is -1.18. The minimum Gasteiger partial charge on any atom is -0.324 e. The number of amides is 1. The predicted octanol–water partition coefficient (Wildman–Crippen LogP) is 3.12. The van der Waals surface area contributed by atoms with Gasteiger partial charge in [-0.2, -0.15) is 18.3 Å². The molecule has 1 N–H and O–H groups in total. The molecule has 7 nitrogen and oxygen atoms in total. The Morgan fingerprint density at radius 3 is 2.50 bits per heavy atom. The minimum absolute atomic E-state index is 0.00112. The number of sulfonamides is 1. The Bertz CT molecular complexity index is 1060. The molecule has 164 valence electrons. The summed E-state index contributed by atoms with van der Waals surface area (Å²) in [6.07, 6.45) is -2.56. The van der Waals surface area contributed by atoms with Crippen molar-refractivity contribution >= 4 is 21.6 Å². The number of halogens is 3.